The number of benzene rings is 1. The molecule has 1 heterocycles. The molecule has 1 amide bonds. The predicted octanol–water partition coefficient (Wildman–Crippen LogP) is 2.36. The normalized spacial score (nSPS) is 17.4. The van der Waals surface area contributed by atoms with Crippen molar-refractivity contribution in [3.8, 4) is 5.75 Å². The van der Waals surface area contributed by atoms with Gasteiger partial charge in [-0.2, -0.15) is 0 Å². The zero-order chi connectivity index (χ0) is 15.6. The number of hydrogen-bond acceptors (Lipinski definition) is 3. The number of nitrogens with zero attached hydrogens (tertiary/aromatic N) is 1. The fourth-order valence-corrected chi connectivity index (χ4v) is 2.63. The molecule has 0 aliphatic carbocycles. The van der Waals surface area contributed by atoms with Crippen molar-refractivity contribution in [2.45, 2.75) is 19.8 Å². The Morgan fingerprint density at radius 1 is 1.43 bits per heavy atom. The molecule has 1 aromatic carbocycles. The lowest BCUT2D eigenvalue weighted by molar-refractivity contribution is 0.0670. The average Bonchev–Trinajstić information content (AvgIpc) is 2.47. The molecule has 0 bridgehead atoms. The smallest absolute Gasteiger partial charge is 0.253 e. The number of thiocarbonyl (C=S) groups is 1. The van der Waals surface area contributed by atoms with Gasteiger partial charge < -0.3 is 15.4 Å². The topological polar surface area (TPSA) is 55.6 Å². The van der Waals surface area contributed by atoms with E-state index < -0.39 is 5.82 Å². The predicted molar refractivity (Wildman–Crippen MR) is 83.0 cm³/mol. The Morgan fingerprint density at radius 2 is 2.05 bits per heavy atom. The number of ether oxygens (including phenoxy) is 1. The summed E-state index contributed by atoms with van der Waals surface area (Å²) in [6.45, 7) is 3.21. The SMILES string of the molecule is COc1cc(C(=O)N2CCC(C)(C(N)=S)CC2)ccc1F. The van der Waals surface area contributed by atoms with Gasteiger partial charge in [0.25, 0.3) is 5.91 Å². The van der Waals surface area contributed by atoms with Gasteiger partial charge in [0.15, 0.2) is 11.6 Å². The van der Waals surface area contributed by atoms with Gasteiger partial charge in [0.05, 0.1) is 12.1 Å². The van der Waals surface area contributed by atoms with Crippen molar-refractivity contribution >= 4 is 23.1 Å². The summed E-state index contributed by atoms with van der Waals surface area (Å²) >= 11 is 5.09. The molecule has 1 aromatic rings. The number of methoxy groups -OCH3 is 1. The Morgan fingerprint density at radius 3 is 2.57 bits per heavy atom. The maximum absolute atomic E-state index is 13.4. The second kappa shape index (κ2) is 5.97. The lowest BCUT2D eigenvalue weighted by Gasteiger charge is -2.38. The van der Waals surface area contributed by atoms with Crippen molar-refractivity contribution in [1.29, 1.82) is 0 Å². The average molecular weight is 310 g/mol. The summed E-state index contributed by atoms with van der Waals surface area (Å²) in [7, 11) is 1.38. The van der Waals surface area contributed by atoms with Gasteiger partial charge in [0.2, 0.25) is 0 Å². The van der Waals surface area contributed by atoms with Gasteiger partial charge in [-0.3, -0.25) is 4.79 Å². The Bertz CT molecular complexity index is 569. The summed E-state index contributed by atoms with van der Waals surface area (Å²) in [5, 5.41) is 0. The fraction of sp³-hybridized carbons (Fsp3) is 0.467. The van der Waals surface area contributed by atoms with Gasteiger partial charge >= 0.3 is 0 Å². The standard InChI is InChI=1S/C15H19FN2O2S/c1-15(14(17)21)5-7-18(8-6-15)13(19)10-3-4-11(16)12(9-10)20-2/h3-4,9H,5-8H2,1-2H3,(H2,17,21). The van der Waals surface area contributed by atoms with E-state index in [1.54, 1.807) is 4.90 Å². The van der Waals surface area contributed by atoms with Crippen molar-refractivity contribution in [3.05, 3.63) is 29.6 Å². The number of nitrogens with two attached hydrogens (primary N) is 1. The molecule has 0 saturated carbocycles. The second-order valence-corrected chi connectivity index (χ2v) is 6.01. The van der Waals surface area contributed by atoms with Gasteiger partial charge in [-0.25, -0.2) is 4.39 Å². The molecule has 0 atom stereocenters. The summed E-state index contributed by atoms with van der Waals surface area (Å²) in [4.78, 5) is 14.7. The second-order valence-electron chi connectivity index (χ2n) is 5.57. The number of piperidine rings is 1. The van der Waals surface area contributed by atoms with Gasteiger partial charge in [0, 0.05) is 24.1 Å². The molecule has 6 heteroatoms. The Hall–Kier alpha value is -1.69. The minimum Gasteiger partial charge on any atom is -0.494 e. The van der Waals surface area contributed by atoms with E-state index in [4.69, 9.17) is 22.7 Å². The molecule has 2 rings (SSSR count). The molecule has 0 aromatic heterocycles. The summed E-state index contributed by atoms with van der Waals surface area (Å²) in [6.07, 6.45) is 1.48. The Kier molecular flexibility index (Phi) is 4.46. The minimum absolute atomic E-state index is 0.0748. The van der Waals surface area contributed by atoms with Gasteiger partial charge in [-0.15, -0.1) is 0 Å². The van der Waals surface area contributed by atoms with Gasteiger partial charge in [-0.05, 0) is 31.0 Å². The van der Waals surface area contributed by atoms with Crippen LogP contribution in [-0.2, 0) is 0 Å². The monoisotopic (exact) mass is 310 g/mol. The van der Waals surface area contributed by atoms with Crippen molar-refractivity contribution in [1.82, 2.24) is 4.90 Å². The number of halogens is 1. The molecule has 0 unspecified atom stereocenters. The van der Waals surface area contributed by atoms with Crippen molar-refractivity contribution in [3.63, 3.8) is 0 Å². The lowest BCUT2D eigenvalue weighted by Crippen LogP contribution is -2.46. The highest BCUT2D eigenvalue weighted by Gasteiger charge is 2.34. The van der Waals surface area contributed by atoms with E-state index in [9.17, 15) is 9.18 Å². The highest BCUT2D eigenvalue weighted by Crippen LogP contribution is 2.32. The molecular weight excluding hydrogens is 291 g/mol. The third-order valence-electron chi connectivity index (χ3n) is 4.15. The number of hydrogen-bond donors (Lipinski definition) is 1. The van der Waals surface area contributed by atoms with Crippen LogP contribution in [0, 0.1) is 11.2 Å². The van der Waals surface area contributed by atoms with Crippen molar-refractivity contribution in [2.75, 3.05) is 20.2 Å². The van der Waals surface area contributed by atoms with Crippen LogP contribution in [0.3, 0.4) is 0 Å². The summed E-state index contributed by atoms with van der Waals surface area (Å²) in [5.74, 6) is -0.530. The maximum Gasteiger partial charge on any atom is 0.253 e. The number of amides is 1. The van der Waals surface area contributed by atoms with Crippen LogP contribution in [0.15, 0.2) is 18.2 Å². The minimum atomic E-state index is -0.478. The lowest BCUT2D eigenvalue weighted by atomic mass is 9.80. The molecule has 21 heavy (non-hydrogen) atoms. The van der Waals surface area contributed by atoms with Gasteiger partial charge in [0.1, 0.15) is 0 Å². The van der Waals surface area contributed by atoms with Crippen LogP contribution in [0.5, 0.6) is 5.75 Å². The quantitative estimate of drug-likeness (QED) is 0.871. The summed E-state index contributed by atoms with van der Waals surface area (Å²) in [5.41, 5.74) is 5.99. The first-order chi connectivity index (χ1) is 9.87. The zero-order valence-electron chi connectivity index (χ0n) is 12.2. The van der Waals surface area contributed by atoms with Crippen LogP contribution in [0.25, 0.3) is 0 Å². The van der Waals surface area contributed by atoms with Crippen LogP contribution < -0.4 is 10.5 Å². The number of carbonyl (C=O) groups excluding carboxylic acids is 1. The molecule has 1 saturated heterocycles. The van der Waals surface area contributed by atoms with E-state index in [1.165, 1.54) is 25.3 Å². The van der Waals surface area contributed by atoms with Gasteiger partial charge in [-0.1, -0.05) is 19.1 Å². The molecule has 1 aliphatic heterocycles. The molecule has 0 spiro atoms. The maximum atomic E-state index is 13.4. The first-order valence-corrected chi connectivity index (χ1v) is 7.21. The number of rotatable bonds is 3. The highest BCUT2D eigenvalue weighted by molar-refractivity contribution is 7.80. The highest BCUT2D eigenvalue weighted by atomic mass is 32.1. The molecule has 4 nitrogen and oxygen atoms in total. The van der Waals surface area contributed by atoms with Crippen molar-refractivity contribution in [2.24, 2.45) is 11.1 Å². The molecule has 1 aliphatic rings. The van der Waals surface area contributed by atoms with Crippen molar-refractivity contribution < 1.29 is 13.9 Å². The van der Waals surface area contributed by atoms with E-state index >= 15 is 0 Å². The molecule has 0 radical (unpaired) electrons. The van der Waals surface area contributed by atoms with E-state index in [-0.39, 0.29) is 17.1 Å². The number of likely N-dealkylation sites (tertiary alicyclic amines) is 1. The molecule has 114 valence electrons. The van der Waals surface area contributed by atoms with Crippen LogP contribution in [0.4, 0.5) is 4.39 Å². The third kappa shape index (κ3) is 3.15. The molecule has 1 fully saturated rings. The van der Waals surface area contributed by atoms with Crippen LogP contribution >= 0.6 is 12.2 Å². The first-order valence-electron chi connectivity index (χ1n) is 6.80. The Labute approximate surface area is 129 Å². The van der Waals surface area contributed by atoms with Crippen LogP contribution in [-0.4, -0.2) is 36.0 Å². The summed E-state index contributed by atoms with van der Waals surface area (Å²) < 4.78 is 18.3. The fourth-order valence-electron chi connectivity index (χ4n) is 2.43. The first kappa shape index (κ1) is 15.7. The van der Waals surface area contributed by atoms with Crippen LogP contribution in [0.2, 0.25) is 0 Å². The zero-order valence-corrected chi connectivity index (χ0v) is 13.0. The Balaban J connectivity index is 2.10. The number of carbonyl (C=O) groups is 1. The molecule has 2 N–H and O–H groups in total. The third-order valence-corrected chi connectivity index (χ3v) is 4.64. The van der Waals surface area contributed by atoms with E-state index in [0.717, 1.165) is 12.8 Å². The van der Waals surface area contributed by atoms with E-state index in [0.29, 0.717) is 23.6 Å². The van der Waals surface area contributed by atoms with E-state index in [1.807, 2.05) is 6.92 Å². The van der Waals surface area contributed by atoms with Crippen LogP contribution in [0.1, 0.15) is 30.1 Å². The molecular formula is C15H19FN2O2S. The largest absolute Gasteiger partial charge is 0.494 e. The van der Waals surface area contributed by atoms with E-state index in [2.05, 4.69) is 0 Å². The summed E-state index contributed by atoms with van der Waals surface area (Å²) in [6, 6.07) is 4.15.